The molecule has 0 aliphatic carbocycles. The van der Waals surface area contributed by atoms with Crippen molar-refractivity contribution in [2.45, 2.75) is 24.7 Å². The standard InChI is InChI=1S/C21H28ClN5/c1-27-13-7-16(15-27)14-25-20-24-10-6-19(26-20)21(8-11-23-12-9-21)17-4-2-3-5-18(17)22/h2-6,10,16,23H,7-9,11-15H2,1H3,(H,24,25,26). The van der Waals surface area contributed by atoms with Gasteiger partial charge in [0, 0.05) is 29.7 Å². The number of benzene rings is 1. The van der Waals surface area contributed by atoms with Crippen LogP contribution in [0.3, 0.4) is 0 Å². The van der Waals surface area contributed by atoms with Crippen LogP contribution in [0.25, 0.3) is 0 Å². The van der Waals surface area contributed by atoms with E-state index < -0.39 is 0 Å². The van der Waals surface area contributed by atoms with Gasteiger partial charge < -0.3 is 15.5 Å². The highest BCUT2D eigenvalue weighted by Crippen LogP contribution is 2.42. The average Bonchev–Trinajstić information content (AvgIpc) is 3.13. The fourth-order valence-electron chi connectivity index (χ4n) is 4.51. The molecule has 1 aromatic carbocycles. The van der Waals surface area contributed by atoms with E-state index in [1.807, 2.05) is 18.3 Å². The van der Waals surface area contributed by atoms with Crippen molar-refractivity contribution in [3.05, 3.63) is 52.8 Å². The van der Waals surface area contributed by atoms with Crippen LogP contribution in [0.2, 0.25) is 5.02 Å². The highest BCUT2D eigenvalue weighted by molar-refractivity contribution is 6.31. The van der Waals surface area contributed by atoms with Gasteiger partial charge in [-0.15, -0.1) is 0 Å². The van der Waals surface area contributed by atoms with Gasteiger partial charge in [-0.25, -0.2) is 9.97 Å². The molecule has 0 spiro atoms. The van der Waals surface area contributed by atoms with Crippen LogP contribution in [0.1, 0.15) is 30.5 Å². The molecule has 1 aromatic heterocycles. The van der Waals surface area contributed by atoms with Crippen LogP contribution in [-0.4, -0.2) is 54.6 Å². The molecule has 0 amide bonds. The molecule has 2 saturated heterocycles. The molecule has 3 heterocycles. The molecule has 144 valence electrons. The maximum Gasteiger partial charge on any atom is 0.222 e. The minimum Gasteiger partial charge on any atom is -0.354 e. The van der Waals surface area contributed by atoms with E-state index in [2.05, 4.69) is 45.8 Å². The number of halogens is 1. The van der Waals surface area contributed by atoms with Crippen LogP contribution >= 0.6 is 11.6 Å². The first-order valence-corrected chi connectivity index (χ1v) is 10.3. The summed E-state index contributed by atoms with van der Waals surface area (Å²) in [4.78, 5) is 11.8. The molecular formula is C21H28ClN5. The summed E-state index contributed by atoms with van der Waals surface area (Å²) in [6.07, 6.45) is 5.09. The van der Waals surface area contributed by atoms with Crippen molar-refractivity contribution in [2.75, 3.05) is 45.1 Å². The zero-order chi connectivity index (χ0) is 18.7. The predicted molar refractivity (Wildman–Crippen MR) is 110 cm³/mol. The fourth-order valence-corrected chi connectivity index (χ4v) is 4.82. The van der Waals surface area contributed by atoms with Crippen LogP contribution in [0.15, 0.2) is 36.5 Å². The molecule has 0 radical (unpaired) electrons. The van der Waals surface area contributed by atoms with Gasteiger partial charge in [-0.05, 0) is 69.6 Å². The van der Waals surface area contributed by atoms with Crippen LogP contribution in [-0.2, 0) is 5.41 Å². The summed E-state index contributed by atoms with van der Waals surface area (Å²) in [5, 5.41) is 7.77. The van der Waals surface area contributed by atoms with E-state index in [0.29, 0.717) is 5.92 Å². The Morgan fingerprint density at radius 3 is 2.81 bits per heavy atom. The predicted octanol–water partition coefficient (Wildman–Crippen LogP) is 3.16. The van der Waals surface area contributed by atoms with Gasteiger partial charge in [0.2, 0.25) is 5.95 Å². The van der Waals surface area contributed by atoms with E-state index in [0.717, 1.165) is 55.7 Å². The lowest BCUT2D eigenvalue weighted by Crippen LogP contribution is -2.41. The quantitative estimate of drug-likeness (QED) is 0.828. The molecule has 4 rings (SSSR count). The second-order valence-electron chi connectivity index (χ2n) is 7.88. The van der Waals surface area contributed by atoms with E-state index in [4.69, 9.17) is 16.6 Å². The first-order valence-electron chi connectivity index (χ1n) is 9.89. The minimum absolute atomic E-state index is 0.156. The van der Waals surface area contributed by atoms with Gasteiger partial charge in [-0.3, -0.25) is 0 Å². The summed E-state index contributed by atoms with van der Waals surface area (Å²) in [5.41, 5.74) is 2.09. The number of likely N-dealkylation sites (tertiary alicyclic amines) is 1. The number of piperidine rings is 1. The summed E-state index contributed by atoms with van der Waals surface area (Å²) in [7, 11) is 2.18. The van der Waals surface area contributed by atoms with Gasteiger partial charge in [0.25, 0.3) is 0 Å². The van der Waals surface area contributed by atoms with Crippen molar-refractivity contribution in [3.63, 3.8) is 0 Å². The summed E-state index contributed by atoms with van der Waals surface area (Å²) in [6, 6.07) is 10.3. The molecule has 1 atom stereocenters. The third-order valence-corrected chi connectivity index (χ3v) is 6.36. The molecule has 2 aliphatic heterocycles. The smallest absolute Gasteiger partial charge is 0.222 e. The Labute approximate surface area is 166 Å². The molecule has 6 heteroatoms. The summed E-state index contributed by atoms with van der Waals surface area (Å²) in [6.45, 7) is 5.17. The van der Waals surface area contributed by atoms with Crippen LogP contribution < -0.4 is 10.6 Å². The molecule has 5 nitrogen and oxygen atoms in total. The van der Waals surface area contributed by atoms with Crippen molar-refractivity contribution in [1.82, 2.24) is 20.2 Å². The molecule has 27 heavy (non-hydrogen) atoms. The van der Waals surface area contributed by atoms with Crippen molar-refractivity contribution < 1.29 is 0 Å². The fraction of sp³-hybridized carbons (Fsp3) is 0.524. The third kappa shape index (κ3) is 3.96. The SMILES string of the molecule is CN1CCC(CNc2nccc(C3(c4ccccc4Cl)CCNCC3)n2)C1. The Bertz CT molecular complexity index is 775. The summed E-state index contributed by atoms with van der Waals surface area (Å²) < 4.78 is 0. The van der Waals surface area contributed by atoms with Crippen LogP contribution in [0.4, 0.5) is 5.95 Å². The lowest BCUT2D eigenvalue weighted by Gasteiger charge is -2.38. The monoisotopic (exact) mass is 385 g/mol. The number of nitrogens with zero attached hydrogens (tertiary/aromatic N) is 3. The first-order chi connectivity index (χ1) is 13.2. The number of hydrogen-bond donors (Lipinski definition) is 2. The van der Waals surface area contributed by atoms with E-state index in [-0.39, 0.29) is 5.41 Å². The Morgan fingerprint density at radius 1 is 1.26 bits per heavy atom. The molecule has 0 bridgehead atoms. The largest absolute Gasteiger partial charge is 0.354 e. The van der Waals surface area contributed by atoms with Gasteiger partial charge in [0.15, 0.2) is 0 Å². The van der Waals surface area contributed by atoms with E-state index in [1.165, 1.54) is 18.5 Å². The zero-order valence-corrected chi connectivity index (χ0v) is 16.7. The van der Waals surface area contributed by atoms with Crippen molar-refractivity contribution >= 4 is 17.5 Å². The maximum absolute atomic E-state index is 6.61. The second-order valence-corrected chi connectivity index (χ2v) is 8.28. The first kappa shape index (κ1) is 18.7. The van der Waals surface area contributed by atoms with Gasteiger partial charge >= 0.3 is 0 Å². The Balaban J connectivity index is 1.60. The van der Waals surface area contributed by atoms with Gasteiger partial charge in [0.1, 0.15) is 0 Å². The van der Waals surface area contributed by atoms with E-state index in [1.54, 1.807) is 0 Å². The lowest BCUT2D eigenvalue weighted by molar-refractivity contribution is 0.354. The molecule has 2 aromatic rings. The number of rotatable bonds is 5. The number of anilines is 1. The lowest BCUT2D eigenvalue weighted by atomic mass is 9.70. The van der Waals surface area contributed by atoms with Gasteiger partial charge in [-0.2, -0.15) is 0 Å². The molecule has 1 unspecified atom stereocenters. The van der Waals surface area contributed by atoms with Crippen LogP contribution in [0.5, 0.6) is 0 Å². The van der Waals surface area contributed by atoms with Gasteiger partial charge in [-0.1, -0.05) is 29.8 Å². The van der Waals surface area contributed by atoms with Crippen molar-refractivity contribution in [2.24, 2.45) is 5.92 Å². The van der Waals surface area contributed by atoms with Gasteiger partial charge in [0.05, 0.1) is 5.69 Å². The van der Waals surface area contributed by atoms with E-state index >= 15 is 0 Å². The Morgan fingerprint density at radius 2 is 2.07 bits per heavy atom. The second kappa shape index (κ2) is 8.13. The highest BCUT2D eigenvalue weighted by Gasteiger charge is 2.38. The van der Waals surface area contributed by atoms with Crippen molar-refractivity contribution in [1.29, 1.82) is 0 Å². The molecule has 2 fully saturated rings. The topological polar surface area (TPSA) is 53.1 Å². The number of aromatic nitrogens is 2. The molecule has 0 saturated carbocycles. The third-order valence-electron chi connectivity index (χ3n) is 6.03. The van der Waals surface area contributed by atoms with Crippen molar-refractivity contribution in [3.8, 4) is 0 Å². The molecule has 2 aliphatic rings. The summed E-state index contributed by atoms with van der Waals surface area (Å²) >= 11 is 6.61. The molecule has 2 N–H and O–H groups in total. The number of nitrogens with one attached hydrogen (secondary N) is 2. The molecular weight excluding hydrogens is 358 g/mol. The minimum atomic E-state index is -0.156. The average molecular weight is 386 g/mol. The summed E-state index contributed by atoms with van der Waals surface area (Å²) in [5.74, 6) is 1.39. The number of hydrogen-bond acceptors (Lipinski definition) is 5. The highest BCUT2D eigenvalue weighted by atomic mass is 35.5. The Kier molecular flexibility index (Phi) is 5.62. The van der Waals surface area contributed by atoms with E-state index in [9.17, 15) is 0 Å². The Hall–Kier alpha value is -1.69. The zero-order valence-electron chi connectivity index (χ0n) is 15.9. The normalized spacial score (nSPS) is 22.7. The maximum atomic E-state index is 6.61. The van der Waals surface area contributed by atoms with Crippen LogP contribution in [0, 0.1) is 5.92 Å².